The Morgan fingerprint density at radius 2 is 1.70 bits per heavy atom. The first kappa shape index (κ1) is 26.3. The van der Waals surface area contributed by atoms with E-state index in [2.05, 4.69) is 45.3 Å². The normalized spacial score (nSPS) is 14.2. The number of halogens is 1. The minimum Gasteiger partial charge on any atom is -0.493 e. The lowest BCUT2D eigenvalue weighted by Gasteiger charge is -2.22. The summed E-state index contributed by atoms with van der Waals surface area (Å²) in [6.45, 7) is 0.403. The molecule has 0 saturated heterocycles. The van der Waals surface area contributed by atoms with Gasteiger partial charge in [-0.3, -0.25) is 4.79 Å². The molecule has 1 aliphatic carbocycles. The molecule has 0 aliphatic heterocycles. The van der Waals surface area contributed by atoms with Crippen molar-refractivity contribution in [1.29, 1.82) is 0 Å². The number of benzene rings is 4. The third-order valence-corrected chi connectivity index (χ3v) is 8.29. The topological polar surface area (TPSA) is 65.7 Å². The Labute approximate surface area is 241 Å². The number of hydrogen-bond donors (Lipinski definition) is 0. The number of rotatable bonds is 7. The van der Waals surface area contributed by atoms with Crippen molar-refractivity contribution >= 4 is 43.8 Å². The zero-order chi connectivity index (χ0) is 27.5. The van der Waals surface area contributed by atoms with Crippen molar-refractivity contribution in [2.75, 3.05) is 7.11 Å². The fourth-order valence-electron chi connectivity index (χ4n) is 5.49. The van der Waals surface area contributed by atoms with Crippen LogP contribution in [0.4, 0.5) is 0 Å². The fraction of sp³-hybridized carbons (Fsp3) is 0.242. The lowest BCUT2D eigenvalue weighted by Crippen LogP contribution is -2.25. The maximum Gasteiger partial charge on any atom is 0.282 e. The van der Waals surface area contributed by atoms with Crippen molar-refractivity contribution in [2.24, 2.45) is 5.10 Å². The predicted octanol–water partition coefficient (Wildman–Crippen LogP) is 7.83. The molecule has 0 spiro atoms. The van der Waals surface area contributed by atoms with E-state index in [1.807, 2.05) is 54.6 Å². The Morgan fingerprint density at radius 1 is 0.950 bits per heavy atom. The molecule has 40 heavy (non-hydrogen) atoms. The predicted molar refractivity (Wildman–Crippen MR) is 164 cm³/mol. The SMILES string of the molecule is COc1cc(C=Nn2c(C3CCCCC3)nc3ccccc3c2=O)c(Br)cc1OCc1cccc2ccccc12. The molecular formula is C33H30BrN3O3. The van der Waals surface area contributed by atoms with Gasteiger partial charge in [-0.1, -0.05) is 73.9 Å². The summed E-state index contributed by atoms with van der Waals surface area (Å²) in [5.74, 6) is 2.15. The van der Waals surface area contributed by atoms with Gasteiger partial charge in [0.2, 0.25) is 0 Å². The van der Waals surface area contributed by atoms with E-state index in [0.29, 0.717) is 23.5 Å². The molecule has 0 bridgehead atoms. The van der Waals surface area contributed by atoms with Crippen LogP contribution in [0, 0.1) is 0 Å². The highest BCUT2D eigenvalue weighted by molar-refractivity contribution is 9.10. The number of ether oxygens (including phenoxy) is 2. The van der Waals surface area contributed by atoms with Crippen molar-refractivity contribution in [1.82, 2.24) is 9.66 Å². The van der Waals surface area contributed by atoms with Crippen LogP contribution in [0.2, 0.25) is 0 Å². The van der Waals surface area contributed by atoms with Crippen LogP contribution >= 0.6 is 15.9 Å². The van der Waals surface area contributed by atoms with Gasteiger partial charge in [0.1, 0.15) is 12.4 Å². The quantitative estimate of drug-likeness (QED) is 0.180. The molecule has 202 valence electrons. The Kier molecular flexibility index (Phi) is 7.64. The van der Waals surface area contributed by atoms with Crippen LogP contribution in [0.5, 0.6) is 11.5 Å². The number of para-hydroxylation sites is 1. The van der Waals surface area contributed by atoms with E-state index in [0.717, 1.165) is 58.0 Å². The zero-order valence-electron chi connectivity index (χ0n) is 22.3. The highest BCUT2D eigenvalue weighted by Crippen LogP contribution is 2.35. The van der Waals surface area contributed by atoms with Crippen molar-refractivity contribution in [3.63, 3.8) is 0 Å². The third-order valence-electron chi connectivity index (χ3n) is 7.61. The summed E-state index contributed by atoms with van der Waals surface area (Å²) in [7, 11) is 1.62. The molecular weight excluding hydrogens is 566 g/mol. The van der Waals surface area contributed by atoms with Crippen LogP contribution in [-0.2, 0) is 6.61 Å². The van der Waals surface area contributed by atoms with Crippen molar-refractivity contribution in [3.8, 4) is 11.5 Å². The maximum atomic E-state index is 13.5. The smallest absolute Gasteiger partial charge is 0.282 e. The van der Waals surface area contributed by atoms with E-state index >= 15 is 0 Å². The molecule has 0 N–H and O–H groups in total. The van der Waals surface area contributed by atoms with E-state index in [4.69, 9.17) is 14.5 Å². The number of aromatic nitrogens is 2. The van der Waals surface area contributed by atoms with Crippen LogP contribution in [0.3, 0.4) is 0 Å². The highest BCUT2D eigenvalue weighted by atomic mass is 79.9. The van der Waals surface area contributed by atoms with E-state index in [1.54, 1.807) is 13.3 Å². The summed E-state index contributed by atoms with van der Waals surface area (Å²) in [6.07, 6.45) is 7.21. The maximum absolute atomic E-state index is 13.5. The molecule has 1 heterocycles. The number of hydrogen-bond acceptors (Lipinski definition) is 5. The van der Waals surface area contributed by atoms with Crippen molar-refractivity contribution in [2.45, 2.75) is 44.6 Å². The number of nitrogens with zero attached hydrogens (tertiary/aromatic N) is 3. The van der Waals surface area contributed by atoms with Crippen LogP contribution in [0.1, 0.15) is 55.0 Å². The van der Waals surface area contributed by atoms with Crippen LogP contribution in [0.25, 0.3) is 21.7 Å². The fourth-order valence-corrected chi connectivity index (χ4v) is 5.92. The molecule has 1 fully saturated rings. The van der Waals surface area contributed by atoms with E-state index in [9.17, 15) is 4.79 Å². The number of fused-ring (bicyclic) bond motifs is 2. The van der Waals surface area contributed by atoms with Gasteiger partial charge in [0.15, 0.2) is 11.5 Å². The summed E-state index contributed by atoms with van der Waals surface area (Å²) in [5, 5.41) is 7.59. The van der Waals surface area contributed by atoms with Gasteiger partial charge in [0.25, 0.3) is 5.56 Å². The first-order valence-electron chi connectivity index (χ1n) is 13.7. The highest BCUT2D eigenvalue weighted by Gasteiger charge is 2.22. The van der Waals surface area contributed by atoms with Gasteiger partial charge in [-0.15, -0.1) is 0 Å². The summed E-state index contributed by atoms with van der Waals surface area (Å²) in [5.41, 5.74) is 2.43. The molecule has 5 aromatic rings. The molecule has 1 aromatic heterocycles. The van der Waals surface area contributed by atoms with Gasteiger partial charge in [-0.2, -0.15) is 9.78 Å². The first-order valence-corrected chi connectivity index (χ1v) is 14.4. The molecule has 6 rings (SSSR count). The molecule has 0 atom stereocenters. The lowest BCUT2D eigenvalue weighted by molar-refractivity contribution is 0.285. The Morgan fingerprint density at radius 3 is 2.52 bits per heavy atom. The molecule has 4 aromatic carbocycles. The van der Waals surface area contributed by atoms with Crippen LogP contribution in [-0.4, -0.2) is 23.0 Å². The molecule has 1 saturated carbocycles. The zero-order valence-corrected chi connectivity index (χ0v) is 23.9. The first-order chi connectivity index (χ1) is 19.6. The third kappa shape index (κ3) is 5.26. The Hall–Kier alpha value is -3.97. The Balaban J connectivity index is 1.32. The molecule has 0 radical (unpaired) electrons. The largest absolute Gasteiger partial charge is 0.493 e. The summed E-state index contributed by atoms with van der Waals surface area (Å²) in [4.78, 5) is 18.5. The second-order valence-corrected chi connectivity index (χ2v) is 11.0. The average Bonchev–Trinajstić information content (AvgIpc) is 3.00. The lowest BCUT2D eigenvalue weighted by atomic mass is 9.88. The van der Waals surface area contributed by atoms with Gasteiger partial charge in [0, 0.05) is 16.0 Å². The minimum atomic E-state index is -0.152. The molecule has 6 nitrogen and oxygen atoms in total. The monoisotopic (exact) mass is 595 g/mol. The summed E-state index contributed by atoms with van der Waals surface area (Å²) >= 11 is 3.67. The van der Waals surface area contributed by atoms with Crippen molar-refractivity contribution < 1.29 is 9.47 Å². The van der Waals surface area contributed by atoms with Gasteiger partial charge in [-0.05, 0) is 69.4 Å². The van der Waals surface area contributed by atoms with E-state index in [-0.39, 0.29) is 11.5 Å². The second-order valence-electron chi connectivity index (χ2n) is 10.1. The van der Waals surface area contributed by atoms with Gasteiger partial charge in [-0.25, -0.2) is 4.98 Å². The van der Waals surface area contributed by atoms with Crippen LogP contribution < -0.4 is 15.0 Å². The van der Waals surface area contributed by atoms with Gasteiger partial charge < -0.3 is 9.47 Å². The molecule has 0 amide bonds. The number of methoxy groups -OCH3 is 1. The minimum absolute atomic E-state index is 0.152. The van der Waals surface area contributed by atoms with Gasteiger partial charge >= 0.3 is 0 Å². The van der Waals surface area contributed by atoms with Crippen molar-refractivity contribution in [3.05, 3.63) is 111 Å². The van der Waals surface area contributed by atoms with Crippen LogP contribution in [0.15, 0.2) is 93.2 Å². The average molecular weight is 597 g/mol. The van der Waals surface area contributed by atoms with E-state index in [1.165, 1.54) is 16.5 Å². The summed E-state index contributed by atoms with van der Waals surface area (Å²) in [6, 6.07) is 25.7. The molecule has 7 heteroatoms. The molecule has 1 aliphatic rings. The van der Waals surface area contributed by atoms with E-state index < -0.39 is 0 Å². The second kappa shape index (κ2) is 11.6. The molecule has 0 unspecified atom stereocenters. The Bertz CT molecular complexity index is 1770. The summed E-state index contributed by atoms with van der Waals surface area (Å²) < 4.78 is 14.2. The standard InChI is InChI=1S/C33H30BrN3O3/c1-39-30-18-25(28(34)19-31(30)40-21-24-14-9-13-22-10-5-6-15-26(22)24)20-35-37-32(23-11-3-2-4-12-23)36-29-17-8-7-16-27(29)33(37)38/h5-10,13-20,23H,2-4,11-12,21H2,1H3. The van der Waals surface area contributed by atoms with Gasteiger partial charge in [0.05, 0.1) is 24.2 Å².